The molecule has 0 heterocycles. The van der Waals surface area contributed by atoms with Crippen molar-refractivity contribution < 1.29 is 5.11 Å². The van der Waals surface area contributed by atoms with Crippen LogP contribution in [0, 0.1) is 0 Å². The van der Waals surface area contributed by atoms with Gasteiger partial charge in [-0.3, -0.25) is 0 Å². The molecule has 16 heavy (non-hydrogen) atoms. The van der Waals surface area contributed by atoms with Crippen LogP contribution in [0.2, 0.25) is 0 Å². The van der Waals surface area contributed by atoms with Gasteiger partial charge in [0.1, 0.15) is 5.76 Å². The maximum Gasteiger partial charge on any atom is 0.114 e. The molecule has 0 fully saturated rings. The molecule has 0 aromatic carbocycles. The smallest absolute Gasteiger partial charge is 0.114 e. The van der Waals surface area contributed by atoms with E-state index in [0.717, 1.165) is 11.3 Å². The second-order valence-electron chi connectivity index (χ2n) is 3.67. The zero-order valence-electron chi connectivity index (χ0n) is 10.0. The molecule has 3 nitrogen and oxygen atoms in total. The highest BCUT2D eigenvalue weighted by Crippen LogP contribution is 2.19. The third-order valence-corrected chi connectivity index (χ3v) is 2.35. The van der Waals surface area contributed by atoms with Crippen molar-refractivity contribution in [3.63, 3.8) is 0 Å². The van der Waals surface area contributed by atoms with E-state index in [2.05, 4.69) is 10.2 Å². The number of hydrogen-bond donors (Lipinski definition) is 1. The highest BCUT2D eigenvalue weighted by Gasteiger charge is 2.10. The fourth-order valence-corrected chi connectivity index (χ4v) is 1.41. The van der Waals surface area contributed by atoms with Crippen LogP contribution in [0.25, 0.3) is 0 Å². The lowest BCUT2D eigenvalue weighted by atomic mass is 10.0. The van der Waals surface area contributed by atoms with Crippen molar-refractivity contribution in [1.29, 1.82) is 0 Å². The maximum absolute atomic E-state index is 9.40. The second kappa shape index (κ2) is 6.05. The Labute approximate surface area is 96.6 Å². The second-order valence-corrected chi connectivity index (χ2v) is 3.67. The van der Waals surface area contributed by atoms with Crippen molar-refractivity contribution in [3.8, 4) is 0 Å². The SMILES string of the molecule is C/C=C\C(=C/C)N=NC1C=C(C)C(O)=CC1. The zero-order chi connectivity index (χ0) is 12.0. The summed E-state index contributed by atoms with van der Waals surface area (Å²) in [7, 11) is 0. The van der Waals surface area contributed by atoms with Gasteiger partial charge in [-0.2, -0.15) is 10.2 Å². The first-order valence-corrected chi connectivity index (χ1v) is 5.45. The van der Waals surface area contributed by atoms with Crippen LogP contribution in [0.15, 0.2) is 57.6 Å². The summed E-state index contributed by atoms with van der Waals surface area (Å²) < 4.78 is 0. The van der Waals surface area contributed by atoms with Crippen LogP contribution in [0.3, 0.4) is 0 Å². The molecule has 3 heteroatoms. The molecule has 1 aliphatic rings. The van der Waals surface area contributed by atoms with Crippen molar-refractivity contribution in [2.75, 3.05) is 0 Å². The van der Waals surface area contributed by atoms with E-state index in [-0.39, 0.29) is 6.04 Å². The Kier molecular flexibility index (Phi) is 4.70. The van der Waals surface area contributed by atoms with Crippen molar-refractivity contribution in [1.82, 2.24) is 0 Å². The number of azo groups is 1. The molecule has 0 aromatic heterocycles. The van der Waals surface area contributed by atoms with Gasteiger partial charge < -0.3 is 5.11 Å². The Hall–Kier alpha value is -1.64. The maximum atomic E-state index is 9.40. The van der Waals surface area contributed by atoms with Crippen molar-refractivity contribution >= 4 is 0 Å². The molecular weight excluding hydrogens is 200 g/mol. The topological polar surface area (TPSA) is 45.0 Å². The van der Waals surface area contributed by atoms with Crippen molar-refractivity contribution in [3.05, 3.63) is 47.4 Å². The molecule has 1 rings (SSSR count). The van der Waals surface area contributed by atoms with Gasteiger partial charge in [0, 0.05) is 0 Å². The number of aliphatic hydroxyl groups excluding tert-OH is 1. The molecule has 1 unspecified atom stereocenters. The van der Waals surface area contributed by atoms with E-state index in [1.54, 1.807) is 6.08 Å². The average molecular weight is 218 g/mol. The van der Waals surface area contributed by atoms with Crippen LogP contribution >= 0.6 is 0 Å². The predicted octanol–water partition coefficient (Wildman–Crippen LogP) is 4.08. The lowest BCUT2D eigenvalue weighted by molar-refractivity contribution is 0.415. The van der Waals surface area contributed by atoms with E-state index in [1.165, 1.54) is 0 Å². The summed E-state index contributed by atoms with van der Waals surface area (Å²) in [4.78, 5) is 0. The van der Waals surface area contributed by atoms with Crippen molar-refractivity contribution in [2.24, 2.45) is 10.2 Å². The van der Waals surface area contributed by atoms with Crippen LogP contribution in [-0.4, -0.2) is 11.1 Å². The molecular formula is C13H18N2O. The largest absolute Gasteiger partial charge is 0.508 e. The summed E-state index contributed by atoms with van der Waals surface area (Å²) in [6.45, 7) is 5.75. The van der Waals surface area contributed by atoms with Crippen LogP contribution in [0.4, 0.5) is 0 Å². The fourth-order valence-electron chi connectivity index (χ4n) is 1.41. The van der Waals surface area contributed by atoms with Crippen LogP contribution in [-0.2, 0) is 0 Å². The monoisotopic (exact) mass is 218 g/mol. The third-order valence-electron chi connectivity index (χ3n) is 2.35. The average Bonchev–Trinajstić information content (AvgIpc) is 2.28. The summed E-state index contributed by atoms with van der Waals surface area (Å²) in [6, 6.07) is 0.0381. The van der Waals surface area contributed by atoms with Crippen molar-refractivity contribution in [2.45, 2.75) is 33.2 Å². The number of rotatable bonds is 3. The van der Waals surface area contributed by atoms with Gasteiger partial charge in [0.25, 0.3) is 0 Å². The van der Waals surface area contributed by atoms with Crippen LogP contribution in [0.1, 0.15) is 27.2 Å². The molecule has 0 saturated heterocycles. The molecule has 0 amide bonds. The molecule has 0 saturated carbocycles. The van der Waals surface area contributed by atoms with Gasteiger partial charge in [0.05, 0.1) is 11.7 Å². The Morgan fingerprint density at radius 3 is 2.81 bits per heavy atom. The number of allylic oxidation sites excluding steroid dienone is 4. The first-order chi connectivity index (χ1) is 7.67. The Balaban J connectivity index is 2.67. The minimum atomic E-state index is 0.0381. The van der Waals surface area contributed by atoms with Gasteiger partial charge in [0.15, 0.2) is 0 Å². The first kappa shape index (κ1) is 12.4. The Morgan fingerprint density at radius 1 is 1.50 bits per heavy atom. The summed E-state index contributed by atoms with van der Waals surface area (Å²) >= 11 is 0. The molecule has 0 aliphatic heterocycles. The summed E-state index contributed by atoms with van der Waals surface area (Å²) in [5.74, 6) is 0.353. The summed E-state index contributed by atoms with van der Waals surface area (Å²) in [5.41, 5.74) is 1.72. The zero-order valence-corrected chi connectivity index (χ0v) is 10.0. The minimum absolute atomic E-state index is 0.0381. The summed E-state index contributed by atoms with van der Waals surface area (Å²) in [6.07, 6.45) is 10.2. The van der Waals surface area contributed by atoms with E-state index in [4.69, 9.17) is 0 Å². The van der Waals surface area contributed by atoms with E-state index in [0.29, 0.717) is 12.2 Å². The van der Waals surface area contributed by atoms with Gasteiger partial charge in [-0.15, -0.1) is 0 Å². The molecule has 1 aliphatic carbocycles. The molecule has 0 bridgehead atoms. The summed E-state index contributed by atoms with van der Waals surface area (Å²) in [5, 5.41) is 17.8. The Bertz CT molecular complexity index is 387. The van der Waals surface area contributed by atoms with Crippen LogP contribution < -0.4 is 0 Å². The van der Waals surface area contributed by atoms with E-state index in [1.807, 2.05) is 45.1 Å². The first-order valence-electron chi connectivity index (χ1n) is 5.45. The van der Waals surface area contributed by atoms with Gasteiger partial charge >= 0.3 is 0 Å². The standard InChI is InChI=1S/C13H18N2O/c1-4-6-11(5-2)14-15-12-7-8-13(16)10(3)9-12/h4-6,8-9,12,16H,7H2,1-3H3/b6-4-,11-5+,15-14?. The molecule has 0 spiro atoms. The Morgan fingerprint density at radius 2 is 2.25 bits per heavy atom. The normalized spacial score (nSPS) is 22.7. The predicted molar refractivity (Wildman–Crippen MR) is 66.3 cm³/mol. The lowest BCUT2D eigenvalue weighted by Crippen LogP contribution is -2.05. The van der Waals surface area contributed by atoms with E-state index in [9.17, 15) is 5.11 Å². The molecule has 0 radical (unpaired) electrons. The minimum Gasteiger partial charge on any atom is -0.508 e. The van der Waals surface area contributed by atoms with Gasteiger partial charge in [-0.05, 0) is 44.9 Å². The third kappa shape index (κ3) is 3.50. The highest BCUT2D eigenvalue weighted by molar-refractivity contribution is 5.28. The highest BCUT2D eigenvalue weighted by atomic mass is 16.3. The van der Waals surface area contributed by atoms with E-state index >= 15 is 0 Å². The molecule has 1 atom stereocenters. The van der Waals surface area contributed by atoms with Gasteiger partial charge in [-0.1, -0.05) is 18.2 Å². The molecule has 0 aromatic rings. The van der Waals surface area contributed by atoms with Gasteiger partial charge in [0.2, 0.25) is 0 Å². The number of aliphatic hydroxyl groups is 1. The molecule has 86 valence electrons. The fraction of sp³-hybridized carbons (Fsp3) is 0.385. The van der Waals surface area contributed by atoms with Crippen LogP contribution in [0.5, 0.6) is 0 Å². The quantitative estimate of drug-likeness (QED) is 0.563. The van der Waals surface area contributed by atoms with Gasteiger partial charge in [-0.25, -0.2) is 0 Å². The van der Waals surface area contributed by atoms with E-state index < -0.39 is 0 Å². The lowest BCUT2D eigenvalue weighted by Gasteiger charge is -2.11. The number of hydrogen-bond acceptors (Lipinski definition) is 3. The molecule has 1 N–H and O–H groups in total. The number of nitrogens with zero attached hydrogens (tertiary/aromatic N) is 2.